The minimum Gasteiger partial charge on any atom is -0.478 e. The average Bonchev–Trinajstić information content (AvgIpc) is 2.69. The van der Waals surface area contributed by atoms with Gasteiger partial charge in [0.2, 0.25) is 0 Å². The molecule has 0 spiro atoms. The minimum absolute atomic E-state index is 0.0881. The molecule has 0 saturated carbocycles. The molecule has 1 aromatic carbocycles. The zero-order chi connectivity index (χ0) is 15.1. The summed E-state index contributed by atoms with van der Waals surface area (Å²) in [5.41, 5.74) is 0.197. The first kappa shape index (κ1) is 13.8. The highest BCUT2D eigenvalue weighted by Gasteiger charge is 2.42. The third-order valence-corrected chi connectivity index (χ3v) is 4.41. The van der Waals surface area contributed by atoms with E-state index < -0.39 is 10.9 Å². The summed E-state index contributed by atoms with van der Waals surface area (Å²) < 4.78 is 0. The summed E-state index contributed by atoms with van der Waals surface area (Å²) in [6.07, 6.45) is 2.66. The Kier molecular flexibility index (Phi) is 3.29. The second-order valence-electron chi connectivity index (χ2n) is 5.68. The molecule has 0 amide bonds. The molecule has 0 aromatic heterocycles. The van der Waals surface area contributed by atoms with Gasteiger partial charge in [0.15, 0.2) is 0 Å². The van der Waals surface area contributed by atoms with E-state index in [9.17, 15) is 20.0 Å². The van der Waals surface area contributed by atoms with Gasteiger partial charge in [-0.1, -0.05) is 0 Å². The fourth-order valence-electron chi connectivity index (χ4n) is 3.56. The van der Waals surface area contributed by atoms with Crippen molar-refractivity contribution in [2.45, 2.75) is 43.9 Å². The van der Waals surface area contributed by atoms with Gasteiger partial charge in [0, 0.05) is 18.2 Å². The van der Waals surface area contributed by atoms with Crippen molar-refractivity contribution in [1.82, 2.24) is 0 Å². The molecule has 2 N–H and O–H groups in total. The van der Waals surface area contributed by atoms with E-state index in [0.717, 1.165) is 18.9 Å². The van der Waals surface area contributed by atoms with Crippen LogP contribution >= 0.6 is 0 Å². The Morgan fingerprint density at radius 2 is 1.90 bits per heavy atom. The number of nitro benzene ring substituents is 1. The number of aliphatic hydroxyl groups is 1. The van der Waals surface area contributed by atoms with Gasteiger partial charge in [-0.3, -0.25) is 10.1 Å². The van der Waals surface area contributed by atoms with Gasteiger partial charge in [0.05, 0.1) is 16.6 Å². The van der Waals surface area contributed by atoms with E-state index in [1.807, 2.05) is 4.90 Å². The minimum atomic E-state index is -1.18. The highest BCUT2D eigenvalue weighted by molar-refractivity contribution is 5.90. The monoisotopic (exact) mass is 292 g/mol. The second-order valence-corrected chi connectivity index (χ2v) is 5.68. The number of fused-ring (bicyclic) bond motifs is 2. The number of rotatable bonds is 3. The first-order chi connectivity index (χ1) is 9.97. The summed E-state index contributed by atoms with van der Waals surface area (Å²) in [5.74, 6) is -1.18. The standard InChI is InChI=1S/C14H16N2O5/c17-11-6-9-2-3-10(7-11)15(9)12-4-1-8(14(18)19)5-13(12)16(20)21/h1,4-5,9-11,17H,2-3,6-7H2,(H,18,19). The number of carbonyl (C=O) groups is 1. The lowest BCUT2D eigenvalue weighted by Gasteiger charge is -2.38. The predicted molar refractivity (Wildman–Crippen MR) is 74.6 cm³/mol. The van der Waals surface area contributed by atoms with Crippen LogP contribution < -0.4 is 4.90 Å². The molecule has 2 unspecified atom stereocenters. The van der Waals surface area contributed by atoms with Crippen LogP contribution in [0.15, 0.2) is 18.2 Å². The van der Waals surface area contributed by atoms with Crippen molar-refractivity contribution in [3.63, 3.8) is 0 Å². The molecule has 0 radical (unpaired) electrons. The summed E-state index contributed by atoms with van der Waals surface area (Å²) in [7, 11) is 0. The number of hydrogen-bond acceptors (Lipinski definition) is 5. The van der Waals surface area contributed by atoms with Crippen molar-refractivity contribution in [3.05, 3.63) is 33.9 Å². The lowest BCUT2D eigenvalue weighted by Crippen LogP contribution is -2.45. The van der Waals surface area contributed by atoms with Crippen LogP contribution in [0.2, 0.25) is 0 Å². The van der Waals surface area contributed by atoms with Crippen molar-refractivity contribution < 1.29 is 19.9 Å². The molecule has 2 atom stereocenters. The van der Waals surface area contributed by atoms with Crippen LogP contribution in [0.25, 0.3) is 0 Å². The van der Waals surface area contributed by atoms with Gasteiger partial charge in [-0.2, -0.15) is 0 Å². The van der Waals surface area contributed by atoms with Crippen LogP contribution in [-0.4, -0.2) is 39.3 Å². The average molecular weight is 292 g/mol. The first-order valence-corrected chi connectivity index (χ1v) is 6.95. The molecule has 2 aliphatic rings. The number of aromatic carboxylic acids is 1. The number of aliphatic hydroxyl groups excluding tert-OH is 1. The fourth-order valence-corrected chi connectivity index (χ4v) is 3.56. The largest absolute Gasteiger partial charge is 0.478 e. The molecule has 2 saturated heterocycles. The van der Waals surface area contributed by atoms with E-state index in [1.165, 1.54) is 12.1 Å². The van der Waals surface area contributed by atoms with Gasteiger partial charge in [0.1, 0.15) is 5.69 Å². The van der Waals surface area contributed by atoms with Crippen LogP contribution in [0.3, 0.4) is 0 Å². The SMILES string of the molecule is O=C(O)c1ccc(N2C3CCC2CC(O)C3)c([N+](=O)[O-])c1. The predicted octanol–water partition coefficient (Wildman–Crippen LogP) is 1.79. The van der Waals surface area contributed by atoms with Crippen LogP contribution in [-0.2, 0) is 0 Å². The number of piperidine rings is 1. The lowest BCUT2D eigenvalue weighted by atomic mass is 9.98. The Balaban J connectivity index is 2.02. The first-order valence-electron chi connectivity index (χ1n) is 6.95. The Hall–Kier alpha value is -2.15. The molecular formula is C14H16N2O5. The van der Waals surface area contributed by atoms with Crippen molar-refractivity contribution in [3.8, 4) is 0 Å². The number of carboxylic acids is 1. The van der Waals surface area contributed by atoms with Crippen LogP contribution in [0.4, 0.5) is 11.4 Å². The molecule has 2 fully saturated rings. The van der Waals surface area contributed by atoms with Crippen molar-refractivity contribution in [2.75, 3.05) is 4.90 Å². The van der Waals surface area contributed by atoms with Crippen molar-refractivity contribution >= 4 is 17.3 Å². The maximum atomic E-state index is 11.3. The summed E-state index contributed by atoms with van der Waals surface area (Å²) in [6, 6.07) is 4.21. The molecule has 21 heavy (non-hydrogen) atoms. The van der Waals surface area contributed by atoms with E-state index in [0.29, 0.717) is 18.5 Å². The second kappa shape index (κ2) is 5.00. The van der Waals surface area contributed by atoms with Crippen molar-refractivity contribution in [1.29, 1.82) is 0 Å². The fraction of sp³-hybridized carbons (Fsp3) is 0.500. The Bertz CT molecular complexity index is 589. The van der Waals surface area contributed by atoms with E-state index in [2.05, 4.69) is 0 Å². The van der Waals surface area contributed by atoms with Crippen LogP contribution in [0, 0.1) is 10.1 Å². The molecule has 2 aliphatic heterocycles. The Morgan fingerprint density at radius 3 is 2.43 bits per heavy atom. The number of carboxylic acid groups (broad SMARTS) is 1. The Morgan fingerprint density at radius 1 is 1.29 bits per heavy atom. The summed E-state index contributed by atoms with van der Waals surface area (Å²) >= 11 is 0. The van der Waals surface area contributed by atoms with Crippen molar-refractivity contribution in [2.24, 2.45) is 0 Å². The molecule has 7 nitrogen and oxygen atoms in total. The van der Waals surface area contributed by atoms with Crippen LogP contribution in [0.1, 0.15) is 36.0 Å². The number of anilines is 1. The van der Waals surface area contributed by atoms with Gasteiger partial charge >= 0.3 is 5.97 Å². The van der Waals surface area contributed by atoms with Gasteiger partial charge in [-0.05, 0) is 37.8 Å². The quantitative estimate of drug-likeness (QED) is 0.650. The molecule has 1 aromatic rings. The highest BCUT2D eigenvalue weighted by Crippen LogP contribution is 2.43. The van der Waals surface area contributed by atoms with Gasteiger partial charge in [-0.15, -0.1) is 0 Å². The maximum Gasteiger partial charge on any atom is 0.335 e. The van der Waals surface area contributed by atoms with Crippen LogP contribution in [0.5, 0.6) is 0 Å². The van der Waals surface area contributed by atoms with E-state index in [4.69, 9.17) is 5.11 Å². The maximum absolute atomic E-state index is 11.3. The Labute approximate surface area is 121 Å². The lowest BCUT2D eigenvalue weighted by molar-refractivity contribution is -0.384. The number of hydrogen-bond donors (Lipinski definition) is 2. The van der Waals surface area contributed by atoms with Gasteiger partial charge in [-0.25, -0.2) is 4.79 Å². The zero-order valence-electron chi connectivity index (χ0n) is 11.3. The molecule has 2 heterocycles. The number of nitro groups is 1. The summed E-state index contributed by atoms with van der Waals surface area (Å²) in [6.45, 7) is 0. The van der Waals surface area contributed by atoms with Gasteiger partial charge in [0.25, 0.3) is 5.69 Å². The molecule has 2 bridgehead atoms. The zero-order valence-corrected chi connectivity index (χ0v) is 11.3. The normalized spacial score (nSPS) is 27.7. The summed E-state index contributed by atoms with van der Waals surface area (Å²) in [5, 5.41) is 30.1. The third-order valence-electron chi connectivity index (χ3n) is 4.41. The van der Waals surface area contributed by atoms with Gasteiger partial charge < -0.3 is 15.1 Å². The topological polar surface area (TPSA) is 104 Å². The number of benzene rings is 1. The van der Waals surface area contributed by atoms with E-state index in [-0.39, 0.29) is 29.4 Å². The van der Waals surface area contributed by atoms with E-state index >= 15 is 0 Å². The number of nitrogens with zero attached hydrogens (tertiary/aromatic N) is 2. The molecule has 0 aliphatic carbocycles. The smallest absolute Gasteiger partial charge is 0.335 e. The van der Waals surface area contributed by atoms with E-state index in [1.54, 1.807) is 0 Å². The molecule has 112 valence electrons. The molecule has 3 rings (SSSR count). The summed E-state index contributed by atoms with van der Waals surface area (Å²) in [4.78, 5) is 23.7. The molecular weight excluding hydrogens is 276 g/mol. The third kappa shape index (κ3) is 2.33. The molecule has 7 heteroatoms. The highest BCUT2D eigenvalue weighted by atomic mass is 16.6.